The van der Waals surface area contributed by atoms with E-state index in [-0.39, 0.29) is 11.8 Å². The number of nitrogens with zero attached hydrogens (tertiary/aromatic N) is 2. The topological polar surface area (TPSA) is 49.8 Å². The van der Waals surface area contributed by atoms with E-state index in [0.717, 1.165) is 49.3 Å². The smallest absolute Gasteiger partial charge is 0.226 e. The van der Waals surface area contributed by atoms with Crippen molar-refractivity contribution < 1.29 is 13.6 Å². The number of hydrogen-bond donors (Lipinski definition) is 0. The lowest BCUT2D eigenvalue weighted by Gasteiger charge is -2.31. The SMILES string of the molecule is CCCCC1CCC(C(=O)N(Cc2ccco2)Cc2ccc(N3CCCCC3)o2)CC1. The van der Waals surface area contributed by atoms with Gasteiger partial charge in [0.2, 0.25) is 5.91 Å². The van der Waals surface area contributed by atoms with Gasteiger partial charge in [-0.25, -0.2) is 0 Å². The maximum atomic E-state index is 13.5. The quantitative estimate of drug-likeness (QED) is 0.466. The fraction of sp³-hybridized carbons (Fsp3) is 0.654. The predicted octanol–water partition coefficient (Wildman–Crippen LogP) is 6.39. The second kappa shape index (κ2) is 10.9. The number of furan rings is 2. The zero-order chi connectivity index (χ0) is 21.5. The van der Waals surface area contributed by atoms with Crippen LogP contribution in [-0.4, -0.2) is 23.9 Å². The van der Waals surface area contributed by atoms with E-state index in [4.69, 9.17) is 8.83 Å². The Kier molecular flexibility index (Phi) is 7.76. The highest BCUT2D eigenvalue weighted by Gasteiger charge is 2.30. The summed E-state index contributed by atoms with van der Waals surface area (Å²) in [5.41, 5.74) is 0. The van der Waals surface area contributed by atoms with E-state index in [2.05, 4.69) is 17.9 Å². The Balaban J connectivity index is 1.40. The second-order valence-corrected chi connectivity index (χ2v) is 9.42. The first-order chi connectivity index (χ1) is 15.2. The van der Waals surface area contributed by atoms with Crippen molar-refractivity contribution in [3.63, 3.8) is 0 Å². The van der Waals surface area contributed by atoms with Crippen LogP contribution in [0.25, 0.3) is 0 Å². The molecule has 1 aliphatic heterocycles. The molecule has 2 aliphatic rings. The van der Waals surface area contributed by atoms with Crippen molar-refractivity contribution >= 4 is 11.8 Å². The van der Waals surface area contributed by atoms with Gasteiger partial charge in [0.25, 0.3) is 0 Å². The van der Waals surface area contributed by atoms with Crippen LogP contribution in [0.3, 0.4) is 0 Å². The van der Waals surface area contributed by atoms with Crippen LogP contribution in [0.2, 0.25) is 0 Å². The molecule has 3 heterocycles. The highest BCUT2D eigenvalue weighted by atomic mass is 16.4. The minimum Gasteiger partial charge on any atom is -0.467 e. The third-order valence-corrected chi connectivity index (χ3v) is 7.06. The largest absolute Gasteiger partial charge is 0.467 e. The lowest BCUT2D eigenvalue weighted by Crippen LogP contribution is -2.37. The molecule has 0 atom stereocenters. The molecule has 4 rings (SSSR count). The molecule has 5 heteroatoms. The van der Waals surface area contributed by atoms with Crippen LogP contribution in [0.1, 0.15) is 82.7 Å². The van der Waals surface area contributed by atoms with Gasteiger partial charge in [0.15, 0.2) is 5.88 Å². The first kappa shape index (κ1) is 22.0. The van der Waals surface area contributed by atoms with E-state index in [1.54, 1.807) is 6.26 Å². The minimum absolute atomic E-state index is 0.129. The van der Waals surface area contributed by atoms with Gasteiger partial charge in [-0.2, -0.15) is 0 Å². The van der Waals surface area contributed by atoms with Crippen molar-refractivity contribution in [2.24, 2.45) is 11.8 Å². The Hall–Kier alpha value is -2.17. The highest BCUT2D eigenvalue weighted by Crippen LogP contribution is 2.34. The number of rotatable bonds is 9. The van der Waals surface area contributed by atoms with Crippen molar-refractivity contribution in [2.75, 3.05) is 18.0 Å². The molecule has 0 unspecified atom stereocenters. The van der Waals surface area contributed by atoms with Gasteiger partial charge in [-0.1, -0.05) is 26.2 Å². The van der Waals surface area contributed by atoms with Crippen molar-refractivity contribution in [1.82, 2.24) is 4.90 Å². The standard InChI is InChI=1S/C26H38N2O3/c1-2-3-8-21-10-12-22(13-11-21)26(29)28(19-23-9-7-18-30-23)20-24-14-15-25(31-24)27-16-5-4-6-17-27/h7,9,14-15,18,21-22H,2-6,8,10-13,16-17,19-20H2,1H3. The number of anilines is 1. The van der Waals surface area contributed by atoms with Gasteiger partial charge in [0.05, 0.1) is 19.4 Å². The van der Waals surface area contributed by atoms with E-state index in [1.165, 1.54) is 51.4 Å². The third-order valence-electron chi connectivity index (χ3n) is 7.06. The molecule has 2 aromatic heterocycles. The summed E-state index contributed by atoms with van der Waals surface area (Å²) in [6, 6.07) is 7.94. The number of piperidine rings is 1. The maximum absolute atomic E-state index is 13.5. The Bertz CT molecular complexity index is 783. The van der Waals surface area contributed by atoms with E-state index in [1.807, 2.05) is 23.1 Å². The number of amides is 1. The molecule has 170 valence electrons. The lowest BCUT2D eigenvalue weighted by atomic mass is 9.79. The third kappa shape index (κ3) is 5.96. The van der Waals surface area contributed by atoms with Crippen molar-refractivity contribution in [2.45, 2.75) is 84.2 Å². The molecule has 0 radical (unpaired) electrons. The van der Waals surface area contributed by atoms with E-state index < -0.39 is 0 Å². The number of unbranched alkanes of at least 4 members (excludes halogenated alkanes) is 1. The molecule has 0 aromatic carbocycles. The van der Waals surface area contributed by atoms with Crippen molar-refractivity contribution in [3.8, 4) is 0 Å². The molecular formula is C26H38N2O3. The summed E-state index contributed by atoms with van der Waals surface area (Å²) in [6.45, 7) is 5.38. The summed E-state index contributed by atoms with van der Waals surface area (Å²) < 4.78 is 11.7. The predicted molar refractivity (Wildman–Crippen MR) is 123 cm³/mol. The lowest BCUT2D eigenvalue weighted by molar-refractivity contribution is -0.138. The summed E-state index contributed by atoms with van der Waals surface area (Å²) in [6.07, 6.45) is 13.7. The summed E-state index contributed by atoms with van der Waals surface area (Å²) in [7, 11) is 0. The van der Waals surface area contributed by atoms with Gasteiger partial charge in [0.1, 0.15) is 11.5 Å². The Morgan fingerprint density at radius 1 is 1.03 bits per heavy atom. The summed E-state index contributed by atoms with van der Waals surface area (Å²) in [5.74, 6) is 3.81. The Morgan fingerprint density at radius 2 is 1.81 bits per heavy atom. The second-order valence-electron chi connectivity index (χ2n) is 9.42. The molecule has 5 nitrogen and oxygen atoms in total. The molecule has 1 saturated carbocycles. The minimum atomic E-state index is 0.129. The average Bonchev–Trinajstić information content (AvgIpc) is 3.50. The first-order valence-corrected chi connectivity index (χ1v) is 12.4. The summed E-state index contributed by atoms with van der Waals surface area (Å²) in [5, 5.41) is 0. The highest BCUT2D eigenvalue weighted by molar-refractivity contribution is 5.78. The average molecular weight is 427 g/mol. The van der Waals surface area contributed by atoms with Crippen LogP contribution in [0.5, 0.6) is 0 Å². The molecule has 0 spiro atoms. The fourth-order valence-corrected chi connectivity index (χ4v) is 5.18. The molecule has 1 amide bonds. The van der Waals surface area contributed by atoms with Crippen LogP contribution >= 0.6 is 0 Å². The number of carbonyl (C=O) groups is 1. The van der Waals surface area contributed by atoms with Gasteiger partial charge in [-0.3, -0.25) is 4.79 Å². The van der Waals surface area contributed by atoms with Gasteiger partial charge < -0.3 is 18.6 Å². The van der Waals surface area contributed by atoms with Crippen LogP contribution < -0.4 is 4.90 Å². The monoisotopic (exact) mass is 426 g/mol. The Labute approximate surface area is 186 Å². The van der Waals surface area contributed by atoms with E-state index in [9.17, 15) is 4.79 Å². The van der Waals surface area contributed by atoms with Crippen molar-refractivity contribution in [3.05, 3.63) is 42.0 Å². The van der Waals surface area contributed by atoms with Crippen LogP contribution in [0, 0.1) is 11.8 Å². The zero-order valence-corrected chi connectivity index (χ0v) is 19.1. The van der Waals surface area contributed by atoms with E-state index in [0.29, 0.717) is 13.1 Å². The molecule has 0 N–H and O–H groups in total. The molecule has 2 aromatic rings. The van der Waals surface area contributed by atoms with Crippen LogP contribution in [0.4, 0.5) is 5.88 Å². The number of hydrogen-bond acceptors (Lipinski definition) is 4. The molecule has 2 fully saturated rings. The van der Waals surface area contributed by atoms with Crippen LogP contribution in [-0.2, 0) is 17.9 Å². The van der Waals surface area contributed by atoms with Gasteiger partial charge in [-0.15, -0.1) is 0 Å². The molecule has 1 aliphatic carbocycles. The fourth-order valence-electron chi connectivity index (χ4n) is 5.18. The van der Waals surface area contributed by atoms with E-state index >= 15 is 0 Å². The molecular weight excluding hydrogens is 388 g/mol. The van der Waals surface area contributed by atoms with Crippen molar-refractivity contribution in [1.29, 1.82) is 0 Å². The van der Waals surface area contributed by atoms with Crippen LogP contribution in [0.15, 0.2) is 39.4 Å². The molecule has 0 bridgehead atoms. The summed E-state index contributed by atoms with van der Waals surface area (Å²) in [4.78, 5) is 17.8. The number of carbonyl (C=O) groups excluding carboxylic acids is 1. The van der Waals surface area contributed by atoms with Gasteiger partial charge >= 0.3 is 0 Å². The van der Waals surface area contributed by atoms with Gasteiger partial charge in [-0.05, 0) is 69.1 Å². The molecule has 1 saturated heterocycles. The first-order valence-electron chi connectivity index (χ1n) is 12.4. The zero-order valence-electron chi connectivity index (χ0n) is 19.1. The normalized spacial score (nSPS) is 21.9. The maximum Gasteiger partial charge on any atom is 0.226 e. The van der Waals surface area contributed by atoms with Gasteiger partial charge in [0, 0.05) is 25.1 Å². The Morgan fingerprint density at radius 3 is 2.52 bits per heavy atom. The summed E-state index contributed by atoms with van der Waals surface area (Å²) >= 11 is 0. The molecule has 31 heavy (non-hydrogen) atoms.